The summed E-state index contributed by atoms with van der Waals surface area (Å²) in [5.41, 5.74) is 0.815. The van der Waals surface area contributed by atoms with Crippen molar-refractivity contribution < 1.29 is 19.4 Å². The number of amides is 1. The first kappa shape index (κ1) is 18.7. The van der Waals surface area contributed by atoms with Crippen LogP contribution in [0.15, 0.2) is 24.3 Å². The summed E-state index contributed by atoms with van der Waals surface area (Å²) in [6.45, 7) is 0. The van der Waals surface area contributed by atoms with E-state index in [0.717, 1.165) is 49.8 Å². The first-order valence-corrected chi connectivity index (χ1v) is 9.90. The van der Waals surface area contributed by atoms with E-state index < -0.39 is 12.0 Å². The molecule has 0 aromatic heterocycles. The third-order valence-electron chi connectivity index (χ3n) is 5.56. The Balaban J connectivity index is 1.64. The van der Waals surface area contributed by atoms with E-state index in [9.17, 15) is 14.7 Å². The third-order valence-corrected chi connectivity index (χ3v) is 5.56. The van der Waals surface area contributed by atoms with Crippen LogP contribution in [-0.4, -0.2) is 23.1 Å². The van der Waals surface area contributed by atoms with Crippen LogP contribution in [0.3, 0.4) is 0 Å². The molecule has 0 heterocycles. The molecule has 1 amide bonds. The Labute approximate surface area is 155 Å². The predicted molar refractivity (Wildman–Crippen MR) is 99.0 cm³/mol. The quantitative estimate of drug-likeness (QED) is 0.764. The molecular weight excluding hydrogens is 330 g/mol. The van der Waals surface area contributed by atoms with Crippen LogP contribution in [0.1, 0.15) is 75.8 Å². The molecule has 3 rings (SSSR count). The number of carboxylic acids is 1. The lowest BCUT2D eigenvalue weighted by atomic mass is 9.88. The normalized spacial score (nSPS) is 19.8. The average molecular weight is 359 g/mol. The van der Waals surface area contributed by atoms with Crippen LogP contribution >= 0.6 is 0 Å². The second-order valence-corrected chi connectivity index (χ2v) is 7.59. The van der Waals surface area contributed by atoms with Crippen molar-refractivity contribution in [1.29, 1.82) is 0 Å². The zero-order chi connectivity index (χ0) is 18.4. The summed E-state index contributed by atoms with van der Waals surface area (Å²) in [7, 11) is 0. The van der Waals surface area contributed by atoms with Gasteiger partial charge in [-0.2, -0.15) is 0 Å². The van der Waals surface area contributed by atoms with Gasteiger partial charge in [0.1, 0.15) is 5.75 Å². The van der Waals surface area contributed by atoms with Crippen LogP contribution in [0, 0.1) is 5.92 Å². The van der Waals surface area contributed by atoms with Gasteiger partial charge in [0.25, 0.3) is 0 Å². The summed E-state index contributed by atoms with van der Waals surface area (Å²) in [5.74, 6) is -0.0918. The highest BCUT2D eigenvalue weighted by molar-refractivity contribution is 5.80. The molecule has 0 spiro atoms. The van der Waals surface area contributed by atoms with Gasteiger partial charge < -0.3 is 15.2 Å². The van der Waals surface area contributed by atoms with Gasteiger partial charge in [0.2, 0.25) is 5.91 Å². The number of rotatable bonds is 7. The van der Waals surface area contributed by atoms with Gasteiger partial charge in [0, 0.05) is 5.92 Å². The van der Waals surface area contributed by atoms with E-state index in [4.69, 9.17) is 4.74 Å². The number of hydrogen-bond acceptors (Lipinski definition) is 3. The minimum absolute atomic E-state index is 0.0118. The van der Waals surface area contributed by atoms with E-state index in [1.165, 1.54) is 19.3 Å². The molecule has 1 aromatic rings. The van der Waals surface area contributed by atoms with Gasteiger partial charge in [-0.05, 0) is 56.2 Å². The van der Waals surface area contributed by atoms with Crippen LogP contribution < -0.4 is 10.1 Å². The molecule has 2 N–H and O–H groups in total. The highest BCUT2D eigenvalue weighted by Gasteiger charge is 2.25. The zero-order valence-electron chi connectivity index (χ0n) is 15.3. The van der Waals surface area contributed by atoms with Crippen LogP contribution in [-0.2, 0) is 9.59 Å². The molecule has 0 radical (unpaired) electrons. The van der Waals surface area contributed by atoms with Crippen molar-refractivity contribution in [3.8, 4) is 5.75 Å². The Morgan fingerprint density at radius 2 is 1.62 bits per heavy atom. The van der Waals surface area contributed by atoms with Crippen molar-refractivity contribution in [3.05, 3.63) is 29.8 Å². The molecule has 2 aliphatic rings. The minimum atomic E-state index is -0.912. The fourth-order valence-corrected chi connectivity index (χ4v) is 4.06. The maximum Gasteiger partial charge on any atom is 0.305 e. The van der Waals surface area contributed by atoms with E-state index in [1.807, 2.05) is 24.3 Å². The number of carbonyl (C=O) groups is 2. The van der Waals surface area contributed by atoms with E-state index in [2.05, 4.69) is 5.32 Å². The molecular formula is C21H29NO4. The van der Waals surface area contributed by atoms with Crippen molar-refractivity contribution in [2.75, 3.05) is 0 Å². The first-order valence-electron chi connectivity index (χ1n) is 9.90. The van der Waals surface area contributed by atoms with Gasteiger partial charge in [-0.25, -0.2) is 0 Å². The van der Waals surface area contributed by atoms with E-state index in [0.29, 0.717) is 6.10 Å². The van der Waals surface area contributed by atoms with Crippen molar-refractivity contribution in [2.45, 2.75) is 76.4 Å². The van der Waals surface area contributed by atoms with Crippen LogP contribution in [0.2, 0.25) is 0 Å². The van der Waals surface area contributed by atoms with Gasteiger partial charge in [0.15, 0.2) is 0 Å². The summed E-state index contributed by atoms with van der Waals surface area (Å²) in [5, 5.41) is 12.2. The van der Waals surface area contributed by atoms with Gasteiger partial charge >= 0.3 is 5.97 Å². The van der Waals surface area contributed by atoms with E-state index in [-0.39, 0.29) is 18.2 Å². The Kier molecular flexibility index (Phi) is 6.53. The molecule has 0 unspecified atom stereocenters. The number of carbonyl (C=O) groups excluding carboxylic acids is 1. The van der Waals surface area contributed by atoms with E-state index >= 15 is 0 Å². The van der Waals surface area contributed by atoms with Crippen LogP contribution in [0.25, 0.3) is 0 Å². The maximum absolute atomic E-state index is 12.5. The van der Waals surface area contributed by atoms with E-state index in [1.54, 1.807) is 0 Å². The predicted octanol–water partition coefficient (Wildman–Crippen LogP) is 4.22. The number of ether oxygens (including phenoxy) is 1. The van der Waals surface area contributed by atoms with Crippen molar-refractivity contribution >= 4 is 11.9 Å². The fourth-order valence-electron chi connectivity index (χ4n) is 4.06. The second-order valence-electron chi connectivity index (χ2n) is 7.59. The molecule has 5 heteroatoms. The minimum Gasteiger partial charge on any atom is -0.490 e. The van der Waals surface area contributed by atoms with Crippen LogP contribution in [0.5, 0.6) is 5.75 Å². The Bertz CT molecular complexity index is 601. The van der Waals surface area contributed by atoms with Crippen molar-refractivity contribution in [2.24, 2.45) is 5.92 Å². The summed E-state index contributed by atoms with van der Waals surface area (Å²) in [4.78, 5) is 23.8. The highest BCUT2D eigenvalue weighted by atomic mass is 16.5. The Hall–Kier alpha value is -2.04. The highest BCUT2D eigenvalue weighted by Crippen LogP contribution is 2.28. The molecule has 0 bridgehead atoms. The van der Waals surface area contributed by atoms with Crippen molar-refractivity contribution in [1.82, 2.24) is 5.32 Å². The second kappa shape index (κ2) is 9.06. The van der Waals surface area contributed by atoms with Crippen LogP contribution in [0.4, 0.5) is 0 Å². The lowest BCUT2D eigenvalue weighted by Crippen LogP contribution is -2.35. The van der Waals surface area contributed by atoms with Gasteiger partial charge in [0.05, 0.1) is 18.6 Å². The maximum atomic E-state index is 12.5. The van der Waals surface area contributed by atoms with Crippen molar-refractivity contribution in [3.63, 3.8) is 0 Å². The number of nitrogens with one attached hydrogen (secondary N) is 1. The van der Waals surface area contributed by atoms with Gasteiger partial charge in [-0.1, -0.05) is 31.4 Å². The molecule has 26 heavy (non-hydrogen) atoms. The summed E-state index contributed by atoms with van der Waals surface area (Å²) < 4.78 is 5.96. The molecule has 1 aromatic carbocycles. The third kappa shape index (κ3) is 5.23. The number of hydrogen-bond donors (Lipinski definition) is 2. The monoisotopic (exact) mass is 359 g/mol. The molecule has 2 fully saturated rings. The first-order chi connectivity index (χ1) is 12.6. The lowest BCUT2D eigenvalue weighted by molar-refractivity contribution is -0.138. The summed E-state index contributed by atoms with van der Waals surface area (Å²) in [6, 6.07) is 7.02. The smallest absolute Gasteiger partial charge is 0.305 e. The number of benzene rings is 1. The summed E-state index contributed by atoms with van der Waals surface area (Å²) in [6.07, 6.45) is 9.96. The SMILES string of the molecule is O=C(O)C[C@H](NC(=O)C1CCCCC1)c1ccc(OC2CCCC2)cc1. The fraction of sp³-hybridized carbons (Fsp3) is 0.619. The zero-order valence-corrected chi connectivity index (χ0v) is 15.3. The number of carboxylic acid groups (broad SMARTS) is 1. The standard InChI is InChI=1S/C21H29NO4/c23-20(24)14-19(22-21(25)16-6-2-1-3-7-16)15-10-12-18(13-11-15)26-17-8-4-5-9-17/h10-13,16-17,19H,1-9,14H2,(H,22,25)(H,23,24)/t19-/m0/s1. The van der Waals surface area contributed by atoms with Gasteiger partial charge in [-0.3, -0.25) is 9.59 Å². The molecule has 0 aliphatic heterocycles. The molecule has 2 saturated carbocycles. The molecule has 2 aliphatic carbocycles. The Morgan fingerprint density at radius 3 is 2.23 bits per heavy atom. The van der Waals surface area contributed by atoms with Gasteiger partial charge in [-0.15, -0.1) is 0 Å². The lowest BCUT2D eigenvalue weighted by Gasteiger charge is -2.24. The topological polar surface area (TPSA) is 75.6 Å². The number of aliphatic carboxylic acids is 1. The Morgan fingerprint density at radius 1 is 1.00 bits per heavy atom. The largest absolute Gasteiger partial charge is 0.490 e. The molecule has 142 valence electrons. The average Bonchev–Trinajstić information content (AvgIpc) is 3.15. The summed E-state index contributed by atoms with van der Waals surface area (Å²) >= 11 is 0. The molecule has 1 atom stereocenters. The molecule has 5 nitrogen and oxygen atoms in total. The molecule has 0 saturated heterocycles.